The molecule has 0 amide bonds. The maximum atomic E-state index is 13.4. The Morgan fingerprint density at radius 2 is 1.27 bits per heavy atom. The van der Waals surface area contributed by atoms with Crippen molar-refractivity contribution in [2.75, 3.05) is 41.4 Å². The minimum atomic E-state index is -0.658. The minimum absolute atomic E-state index is 0. The summed E-state index contributed by atoms with van der Waals surface area (Å²) in [6.07, 6.45) is 15.9. The number of nitrogens with zero attached hydrogens (tertiary/aromatic N) is 2. The highest BCUT2D eigenvalue weighted by molar-refractivity contribution is 5.85. The molecule has 12 aliphatic rings. The van der Waals surface area contributed by atoms with Crippen molar-refractivity contribution in [3.8, 4) is 11.5 Å². The molecule has 8 bridgehead atoms. The molecule has 326 valence electrons. The SMILES string of the molecule is C.C.CCCC(=O)[C@H]1C[C@@]23C=C[C@]1(OC)[C@@H]1Oc4c(C)ccc5c4[C@@]12CCN(C)[C@@H]3C5.CCCC(=O)[C@H]1C[C@@]23CC[C@]1(OC)[C@@H]1Oc4c(C)ccc5c4[C@@]12CCN(C)[C@@H]3C5. The van der Waals surface area contributed by atoms with Gasteiger partial charge in [0.25, 0.3) is 0 Å². The third kappa shape index (κ3) is 4.48. The minimum Gasteiger partial charge on any atom is -0.486 e. The predicted octanol–water partition coefficient (Wildman–Crippen LogP) is 8.67. The number of hydrogen-bond donors (Lipinski definition) is 0. The number of piperidine rings is 2. The number of Topliss-reactive ketones (excluding diaryl/α,β-unsaturated/α-hetero) is 2. The molecule has 0 unspecified atom stereocenters. The molecule has 0 N–H and O–H groups in total. The highest BCUT2D eigenvalue weighted by atomic mass is 16.6. The van der Waals surface area contributed by atoms with Crippen molar-refractivity contribution in [2.24, 2.45) is 22.7 Å². The molecule has 2 aromatic carbocycles. The second-order valence-corrected chi connectivity index (χ2v) is 20.5. The number of likely N-dealkylation sites (tertiary alicyclic amines) is 2. The van der Waals surface area contributed by atoms with Gasteiger partial charge in [0, 0.05) is 66.5 Å². The number of carbonyl (C=O) groups excluding carboxylic acids is 2. The Morgan fingerprint density at radius 1 is 0.700 bits per heavy atom. The van der Waals surface area contributed by atoms with Gasteiger partial charge in [-0.25, -0.2) is 0 Å². The normalized spacial score (nSPS) is 42.1. The molecule has 2 saturated heterocycles. The lowest BCUT2D eigenvalue weighted by Gasteiger charge is -2.73. The van der Waals surface area contributed by atoms with Crippen LogP contribution in [0.4, 0.5) is 0 Å². The van der Waals surface area contributed by atoms with Crippen molar-refractivity contribution in [1.82, 2.24) is 9.80 Å². The van der Waals surface area contributed by atoms with E-state index in [1.54, 1.807) is 7.11 Å². The topological polar surface area (TPSA) is 77.5 Å². The van der Waals surface area contributed by atoms with E-state index in [4.69, 9.17) is 18.9 Å². The Kier molecular flexibility index (Phi) is 9.67. The van der Waals surface area contributed by atoms with Crippen LogP contribution in [0.2, 0.25) is 0 Å². The zero-order valence-electron chi connectivity index (χ0n) is 36.2. The zero-order valence-corrected chi connectivity index (χ0v) is 36.2. The number of ether oxygens (including phenoxy) is 4. The molecule has 4 spiro atoms. The van der Waals surface area contributed by atoms with E-state index < -0.39 is 11.2 Å². The summed E-state index contributed by atoms with van der Waals surface area (Å²) in [6.45, 7) is 10.7. The molecule has 4 heterocycles. The molecule has 6 fully saturated rings. The molecule has 4 aliphatic heterocycles. The molecule has 8 nitrogen and oxygen atoms in total. The second-order valence-electron chi connectivity index (χ2n) is 20.5. The van der Waals surface area contributed by atoms with Crippen LogP contribution in [0.25, 0.3) is 0 Å². The number of likely N-dealkylation sites (N-methyl/N-ethyl adjacent to an activating group) is 2. The van der Waals surface area contributed by atoms with Crippen LogP contribution in [0.3, 0.4) is 0 Å². The average molecular weight is 821 g/mol. The quantitative estimate of drug-likeness (QED) is 0.245. The Labute approximate surface area is 360 Å². The summed E-state index contributed by atoms with van der Waals surface area (Å²) < 4.78 is 26.5. The van der Waals surface area contributed by atoms with Crippen molar-refractivity contribution in [2.45, 2.75) is 166 Å². The highest BCUT2D eigenvalue weighted by Crippen LogP contribution is 2.77. The van der Waals surface area contributed by atoms with E-state index in [9.17, 15) is 9.59 Å². The number of carbonyl (C=O) groups is 2. The van der Waals surface area contributed by atoms with Crippen LogP contribution in [-0.4, -0.2) is 98.3 Å². The van der Waals surface area contributed by atoms with Crippen LogP contribution in [0.15, 0.2) is 36.4 Å². The van der Waals surface area contributed by atoms with Gasteiger partial charge in [-0.2, -0.15) is 0 Å². The molecule has 8 heteroatoms. The van der Waals surface area contributed by atoms with Crippen LogP contribution in [0.5, 0.6) is 11.5 Å². The van der Waals surface area contributed by atoms with Crippen molar-refractivity contribution < 1.29 is 28.5 Å². The lowest BCUT2D eigenvalue weighted by Crippen LogP contribution is -2.81. The van der Waals surface area contributed by atoms with Gasteiger partial charge in [0.05, 0.1) is 17.3 Å². The highest BCUT2D eigenvalue weighted by Gasteiger charge is 2.82. The van der Waals surface area contributed by atoms with Gasteiger partial charge in [-0.3, -0.25) is 9.59 Å². The standard InChI is InChI=1S/C25H33NO3.C25H31NO3.2CH4/c2*1-5-6-18(27)17-14-23-9-10-25(17,28-4)22-24(23)11-12-26(3)19(23)13-16-8-7-15(2)21(29-22)20(16)24;;/h7-8,17,19,22H,5-6,9-14H2,1-4H3;7-10,17,19,22H,5-6,11-14H2,1-4H3;2*1H4/t2*17-,19-,22-,23-,24+,25-;;/m11../s1. The summed E-state index contributed by atoms with van der Waals surface area (Å²) in [5, 5.41) is 0. The number of aryl methyl sites for hydroxylation is 2. The van der Waals surface area contributed by atoms with E-state index in [0.717, 1.165) is 88.8 Å². The molecular weight excluding hydrogens is 749 g/mol. The summed E-state index contributed by atoms with van der Waals surface area (Å²) in [5.74, 6) is 2.77. The average Bonchev–Trinajstić information content (AvgIpc) is 3.80. The number of rotatable bonds is 8. The van der Waals surface area contributed by atoms with Crippen LogP contribution in [0, 0.1) is 36.5 Å². The first-order chi connectivity index (χ1) is 27.9. The first-order valence-corrected chi connectivity index (χ1v) is 22.8. The third-order valence-electron chi connectivity index (χ3n) is 18.9. The molecule has 0 radical (unpaired) electrons. The van der Waals surface area contributed by atoms with Gasteiger partial charge < -0.3 is 28.7 Å². The van der Waals surface area contributed by atoms with Gasteiger partial charge >= 0.3 is 0 Å². The Morgan fingerprint density at radius 3 is 1.88 bits per heavy atom. The van der Waals surface area contributed by atoms with Crippen molar-refractivity contribution in [3.63, 3.8) is 0 Å². The molecule has 2 aromatic rings. The van der Waals surface area contributed by atoms with Crippen LogP contribution in [-0.2, 0) is 42.7 Å². The van der Waals surface area contributed by atoms with Crippen molar-refractivity contribution in [1.29, 1.82) is 0 Å². The van der Waals surface area contributed by atoms with E-state index in [1.807, 2.05) is 7.11 Å². The van der Waals surface area contributed by atoms with Gasteiger partial charge in [-0.15, -0.1) is 0 Å². The molecule has 12 atom stereocenters. The molecule has 4 saturated carbocycles. The van der Waals surface area contributed by atoms with Gasteiger partial charge in [-0.1, -0.05) is 65.1 Å². The predicted molar refractivity (Wildman–Crippen MR) is 236 cm³/mol. The summed E-state index contributed by atoms with van der Waals surface area (Å²) in [7, 11) is 8.17. The molecular formula is C52H72N2O6. The lowest BCUT2D eigenvalue weighted by atomic mass is 9.34. The van der Waals surface area contributed by atoms with Crippen LogP contribution >= 0.6 is 0 Å². The Bertz CT molecular complexity index is 2150. The van der Waals surface area contributed by atoms with E-state index in [1.165, 1.54) is 33.4 Å². The number of fused-ring (bicyclic) bond motifs is 3. The van der Waals surface area contributed by atoms with E-state index >= 15 is 0 Å². The Hall–Kier alpha value is -3.04. The van der Waals surface area contributed by atoms with Gasteiger partial charge in [-0.05, 0) is 127 Å². The van der Waals surface area contributed by atoms with Crippen LogP contribution < -0.4 is 9.47 Å². The van der Waals surface area contributed by atoms with E-state index in [-0.39, 0.29) is 60.6 Å². The zero-order chi connectivity index (χ0) is 40.4. The number of ketones is 2. The molecule has 0 aromatic heterocycles. The smallest absolute Gasteiger partial charge is 0.143 e. The summed E-state index contributed by atoms with van der Waals surface area (Å²) >= 11 is 0. The first kappa shape index (κ1) is 42.3. The monoisotopic (exact) mass is 821 g/mol. The number of methoxy groups -OCH3 is 2. The van der Waals surface area contributed by atoms with Crippen LogP contribution in [0.1, 0.15) is 126 Å². The van der Waals surface area contributed by atoms with Gasteiger partial charge in [0.15, 0.2) is 0 Å². The maximum Gasteiger partial charge on any atom is 0.143 e. The van der Waals surface area contributed by atoms with E-state index in [0.29, 0.717) is 36.5 Å². The third-order valence-corrected chi connectivity index (χ3v) is 18.9. The fourth-order valence-electron chi connectivity index (χ4n) is 16.6. The lowest BCUT2D eigenvalue weighted by molar-refractivity contribution is -0.270. The molecule has 14 rings (SSSR count). The molecule has 8 aliphatic carbocycles. The Balaban J connectivity index is 0.000000149. The van der Waals surface area contributed by atoms with Gasteiger partial charge in [0.1, 0.15) is 46.5 Å². The maximum absolute atomic E-state index is 13.4. The van der Waals surface area contributed by atoms with Gasteiger partial charge in [0.2, 0.25) is 0 Å². The second kappa shape index (κ2) is 13.7. The first-order valence-electron chi connectivity index (χ1n) is 22.8. The largest absolute Gasteiger partial charge is 0.486 e. The molecule has 60 heavy (non-hydrogen) atoms. The fraction of sp³-hybridized carbons (Fsp3) is 0.692. The summed E-state index contributed by atoms with van der Waals surface area (Å²) in [5.41, 5.74) is 7.18. The number of hydrogen-bond acceptors (Lipinski definition) is 8. The summed E-state index contributed by atoms with van der Waals surface area (Å²) in [6, 6.07) is 10.0. The fourth-order valence-corrected chi connectivity index (χ4v) is 16.6. The van der Waals surface area contributed by atoms with Crippen molar-refractivity contribution in [3.05, 3.63) is 69.8 Å². The van der Waals surface area contributed by atoms with E-state index in [2.05, 4.69) is 88.0 Å². The van der Waals surface area contributed by atoms with Crippen molar-refractivity contribution >= 4 is 11.6 Å². The summed E-state index contributed by atoms with van der Waals surface area (Å²) in [4.78, 5) is 31.9. The number of benzene rings is 2.